The predicted molar refractivity (Wildman–Crippen MR) is 118 cm³/mol. The van der Waals surface area contributed by atoms with Gasteiger partial charge in [-0.05, 0) is 25.7 Å². The maximum absolute atomic E-state index is 12.1. The van der Waals surface area contributed by atoms with Crippen LogP contribution in [0.1, 0.15) is 44.9 Å². The van der Waals surface area contributed by atoms with Gasteiger partial charge in [0.05, 0.1) is 19.8 Å². The van der Waals surface area contributed by atoms with E-state index in [0.717, 1.165) is 12.2 Å². The Labute approximate surface area is 195 Å². The van der Waals surface area contributed by atoms with Crippen molar-refractivity contribution in [3.05, 3.63) is 25.3 Å². The van der Waals surface area contributed by atoms with Gasteiger partial charge in [0.1, 0.15) is 10.2 Å². The number of carbonyl (C=O) groups excluding carboxylic acids is 4. The zero-order valence-corrected chi connectivity index (χ0v) is 19.6. The van der Waals surface area contributed by atoms with E-state index in [4.69, 9.17) is 23.7 Å². The highest BCUT2D eigenvalue weighted by molar-refractivity contribution is 14.1. The van der Waals surface area contributed by atoms with Crippen molar-refractivity contribution in [2.75, 3.05) is 19.8 Å². The third-order valence-corrected chi connectivity index (χ3v) is 5.08. The van der Waals surface area contributed by atoms with Crippen LogP contribution >= 0.6 is 22.6 Å². The molecule has 0 spiro atoms. The SMILES string of the molecule is C=CC(=O)OCCCCC(=O)O[C@H]1C[C@H](I)OC[C@H]1OC(=O)CCCCOC(=O)C=C. The summed E-state index contributed by atoms with van der Waals surface area (Å²) in [5, 5.41) is 0. The Kier molecular flexibility index (Phi) is 13.8. The van der Waals surface area contributed by atoms with Gasteiger partial charge < -0.3 is 23.7 Å². The normalized spacial score (nSPS) is 20.2. The molecular formula is C21H29IO9. The number of hydrogen-bond donors (Lipinski definition) is 0. The molecule has 1 fully saturated rings. The van der Waals surface area contributed by atoms with Gasteiger partial charge in [-0.2, -0.15) is 0 Å². The lowest BCUT2D eigenvalue weighted by Gasteiger charge is -2.33. The molecule has 0 aromatic heterocycles. The summed E-state index contributed by atoms with van der Waals surface area (Å²) >= 11 is 2.09. The quantitative estimate of drug-likeness (QED) is 0.0802. The maximum Gasteiger partial charge on any atom is 0.330 e. The molecule has 3 atom stereocenters. The van der Waals surface area contributed by atoms with Gasteiger partial charge in [-0.15, -0.1) is 0 Å². The second-order valence-corrected chi connectivity index (χ2v) is 8.08. The molecule has 31 heavy (non-hydrogen) atoms. The standard InChI is InChI=1S/C21H29IO9/c1-3-18(23)27-11-7-5-9-20(25)30-15-13-17(22)29-14-16(15)31-21(26)10-6-8-12-28-19(24)4-2/h3-4,15-17H,1-2,5-14H2/t15-,16+,17+/m0/s1. The number of halogens is 1. The molecule has 9 nitrogen and oxygen atoms in total. The smallest absolute Gasteiger partial charge is 0.330 e. The van der Waals surface area contributed by atoms with Crippen molar-refractivity contribution in [3.8, 4) is 0 Å². The van der Waals surface area contributed by atoms with Crippen molar-refractivity contribution in [1.82, 2.24) is 0 Å². The number of alkyl halides is 1. The number of hydrogen-bond acceptors (Lipinski definition) is 9. The van der Waals surface area contributed by atoms with Crippen LogP contribution in [0.5, 0.6) is 0 Å². The van der Waals surface area contributed by atoms with Gasteiger partial charge in [0.15, 0.2) is 6.10 Å². The molecule has 10 heteroatoms. The van der Waals surface area contributed by atoms with E-state index in [0.29, 0.717) is 32.1 Å². The Hall–Kier alpha value is -1.95. The summed E-state index contributed by atoms with van der Waals surface area (Å²) in [5.41, 5.74) is 0. The van der Waals surface area contributed by atoms with Crippen LogP contribution in [-0.2, 0) is 42.9 Å². The molecule has 0 aliphatic carbocycles. The van der Waals surface area contributed by atoms with Crippen molar-refractivity contribution in [3.63, 3.8) is 0 Å². The first-order chi connectivity index (χ1) is 14.8. The maximum atomic E-state index is 12.1. The van der Waals surface area contributed by atoms with E-state index in [1.807, 2.05) is 0 Å². The highest BCUT2D eigenvalue weighted by Gasteiger charge is 2.35. The van der Waals surface area contributed by atoms with Gasteiger partial charge in [-0.1, -0.05) is 35.7 Å². The van der Waals surface area contributed by atoms with Gasteiger partial charge in [0.25, 0.3) is 0 Å². The Morgan fingerprint density at radius 1 is 0.839 bits per heavy atom. The fourth-order valence-electron chi connectivity index (χ4n) is 2.60. The van der Waals surface area contributed by atoms with Crippen molar-refractivity contribution in [1.29, 1.82) is 0 Å². The summed E-state index contributed by atoms with van der Waals surface area (Å²) in [6.45, 7) is 7.16. The first-order valence-electron chi connectivity index (χ1n) is 10.1. The van der Waals surface area contributed by atoms with Crippen LogP contribution in [0.25, 0.3) is 0 Å². The van der Waals surface area contributed by atoms with Crippen LogP contribution in [0.2, 0.25) is 0 Å². The molecule has 0 aromatic carbocycles. The molecule has 0 unspecified atom stereocenters. The molecular weight excluding hydrogens is 523 g/mol. The number of ether oxygens (including phenoxy) is 5. The molecule has 174 valence electrons. The minimum Gasteiger partial charge on any atom is -0.463 e. The topological polar surface area (TPSA) is 114 Å². The Morgan fingerprint density at radius 2 is 1.32 bits per heavy atom. The van der Waals surface area contributed by atoms with E-state index in [1.54, 1.807) is 0 Å². The second kappa shape index (κ2) is 15.8. The summed E-state index contributed by atoms with van der Waals surface area (Å²) in [5.74, 6) is -1.84. The van der Waals surface area contributed by atoms with Crippen LogP contribution in [0.4, 0.5) is 0 Å². The molecule has 1 aliphatic rings. The Bertz CT molecular complexity index is 634. The first-order valence-corrected chi connectivity index (χ1v) is 11.3. The van der Waals surface area contributed by atoms with Crippen LogP contribution in [0.15, 0.2) is 25.3 Å². The molecule has 0 amide bonds. The van der Waals surface area contributed by atoms with Gasteiger partial charge in [-0.25, -0.2) is 9.59 Å². The molecule has 0 bridgehead atoms. The monoisotopic (exact) mass is 552 g/mol. The minimum atomic E-state index is -0.672. The molecule has 0 saturated carbocycles. The molecule has 0 aromatic rings. The number of esters is 4. The van der Waals surface area contributed by atoms with Crippen LogP contribution in [0, 0.1) is 0 Å². The lowest BCUT2D eigenvalue weighted by atomic mass is 10.1. The molecule has 1 saturated heterocycles. The number of carbonyl (C=O) groups is 4. The average Bonchev–Trinajstić information content (AvgIpc) is 2.74. The summed E-state index contributed by atoms with van der Waals surface area (Å²) in [6, 6.07) is 0. The summed E-state index contributed by atoms with van der Waals surface area (Å²) < 4.78 is 26.0. The van der Waals surface area contributed by atoms with E-state index in [2.05, 4.69) is 35.7 Å². The summed E-state index contributed by atoms with van der Waals surface area (Å²) in [7, 11) is 0. The van der Waals surface area contributed by atoms with Crippen LogP contribution < -0.4 is 0 Å². The van der Waals surface area contributed by atoms with E-state index in [9.17, 15) is 19.2 Å². The van der Waals surface area contributed by atoms with Crippen molar-refractivity contribution >= 4 is 46.5 Å². The molecule has 1 rings (SSSR count). The van der Waals surface area contributed by atoms with E-state index >= 15 is 0 Å². The number of unbranched alkanes of at least 4 members (excludes halogenated alkanes) is 2. The van der Waals surface area contributed by atoms with Crippen molar-refractivity contribution < 1.29 is 42.9 Å². The van der Waals surface area contributed by atoms with Gasteiger partial charge >= 0.3 is 23.9 Å². The Balaban J connectivity index is 2.33. The van der Waals surface area contributed by atoms with Gasteiger partial charge in [0, 0.05) is 31.4 Å². The van der Waals surface area contributed by atoms with Gasteiger partial charge in [0.2, 0.25) is 0 Å². The zero-order valence-electron chi connectivity index (χ0n) is 17.4. The molecule has 1 aliphatic heterocycles. The largest absolute Gasteiger partial charge is 0.463 e. The first kappa shape index (κ1) is 27.1. The zero-order chi connectivity index (χ0) is 23.1. The fraction of sp³-hybridized carbons (Fsp3) is 0.619. The van der Waals surface area contributed by atoms with E-state index < -0.39 is 36.1 Å². The Morgan fingerprint density at radius 3 is 1.81 bits per heavy atom. The molecule has 0 radical (unpaired) electrons. The third kappa shape index (κ3) is 12.5. The molecule has 1 heterocycles. The second-order valence-electron chi connectivity index (χ2n) is 6.69. The third-order valence-electron chi connectivity index (χ3n) is 4.21. The predicted octanol–water partition coefficient (Wildman–Crippen LogP) is 2.79. The summed E-state index contributed by atoms with van der Waals surface area (Å²) in [4.78, 5) is 46.2. The van der Waals surface area contributed by atoms with Crippen LogP contribution in [0.3, 0.4) is 0 Å². The highest BCUT2D eigenvalue weighted by Crippen LogP contribution is 2.25. The molecule has 0 N–H and O–H groups in total. The number of rotatable bonds is 14. The lowest BCUT2D eigenvalue weighted by molar-refractivity contribution is -0.183. The van der Waals surface area contributed by atoms with E-state index in [-0.39, 0.29) is 36.8 Å². The summed E-state index contributed by atoms with van der Waals surface area (Å²) in [6.07, 6.45) is 3.68. The fourth-order valence-corrected chi connectivity index (χ4v) is 3.31. The van der Waals surface area contributed by atoms with Gasteiger partial charge in [-0.3, -0.25) is 9.59 Å². The van der Waals surface area contributed by atoms with Crippen molar-refractivity contribution in [2.24, 2.45) is 0 Å². The minimum absolute atomic E-state index is 0.145. The lowest BCUT2D eigenvalue weighted by Crippen LogP contribution is -2.44. The average molecular weight is 552 g/mol. The van der Waals surface area contributed by atoms with Crippen molar-refractivity contribution in [2.45, 2.75) is 61.3 Å². The highest BCUT2D eigenvalue weighted by atomic mass is 127. The van der Waals surface area contributed by atoms with Crippen LogP contribution in [-0.4, -0.2) is 60.0 Å². The van der Waals surface area contributed by atoms with E-state index in [1.165, 1.54) is 0 Å².